The first-order valence-electron chi connectivity index (χ1n) is 33.1. The molecule has 0 rings (SSSR count). The van der Waals surface area contributed by atoms with Crippen LogP contribution in [-0.4, -0.2) is 47.4 Å². The van der Waals surface area contributed by atoms with Crippen molar-refractivity contribution in [3.8, 4) is 0 Å². The van der Waals surface area contributed by atoms with Gasteiger partial charge < -0.3 is 20.3 Å². The molecule has 0 aliphatic carbocycles. The second kappa shape index (κ2) is 62.9. The van der Waals surface area contributed by atoms with Crippen LogP contribution in [0.5, 0.6) is 0 Å². The molecule has 6 heteroatoms. The molecule has 0 saturated carbocycles. The average molecular weight is 1030 g/mol. The summed E-state index contributed by atoms with van der Waals surface area (Å²) in [4.78, 5) is 24.6. The third-order valence-electron chi connectivity index (χ3n) is 15.5. The van der Waals surface area contributed by atoms with Crippen LogP contribution < -0.4 is 5.32 Å². The van der Waals surface area contributed by atoms with Crippen molar-refractivity contribution in [2.45, 2.75) is 379 Å². The van der Waals surface area contributed by atoms with Crippen LogP contribution in [0.15, 0.2) is 24.3 Å². The van der Waals surface area contributed by atoms with Gasteiger partial charge in [0.1, 0.15) is 0 Å². The van der Waals surface area contributed by atoms with Gasteiger partial charge in [-0.15, -0.1) is 0 Å². The van der Waals surface area contributed by atoms with Crippen LogP contribution in [0.1, 0.15) is 367 Å². The van der Waals surface area contributed by atoms with E-state index in [9.17, 15) is 19.8 Å². The van der Waals surface area contributed by atoms with Crippen molar-refractivity contribution >= 4 is 11.9 Å². The number of amides is 1. The van der Waals surface area contributed by atoms with Gasteiger partial charge in [-0.2, -0.15) is 0 Å². The Morgan fingerprint density at radius 3 is 0.973 bits per heavy atom. The lowest BCUT2D eigenvalue weighted by molar-refractivity contribution is -0.143. The third-order valence-corrected chi connectivity index (χ3v) is 15.5. The minimum atomic E-state index is -0.671. The quantitative estimate of drug-likeness (QED) is 0.0320. The van der Waals surface area contributed by atoms with Crippen LogP contribution in [0.3, 0.4) is 0 Å². The normalized spacial score (nSPS) is 12.7. The van der Waals surface area contributed by atoms with E-state index in [1.165, 1.54) is 289 Å². The van der Waals surface area contributed by atoms with Gasteiger partial charge in [-0.3, -0.25) is 9.59 Å². The summed E-state index contributed by atoms with van der Waals surface area (Å²) in [5, 5.41) is 23.4. The second-order valence-electron chi connectivity index (χ2n) is 22.8. The molecule has 0 fully saturated rings. The molecule has 0 aromatic heterocycles. The lowest BCUT2D eigenvalue weighted by Gasteiger charge is -2.22. The Bertz CT molecular complexity index is 1140. The number of rotatable bonds is 62. The van der Waals surface area contributed by atoms with Gasteiger partial charge in [-0.1, -0.05) is 301 Å². The molecule has 0 aromatic rings. The number of carbonyl (C=O) groups excluding carboxylic acids is 2. The molecule has 0 aliphatic heterocycles. The van der Waals surface area contributed by atoms with E-state index in [-0.39, 0.29) is 18.5 Å². The van der Waals surface area contributed by atoms with E-state index in [2.05, 4.69) is 43.5 Å². The smallest absolute Gasteiger partial charge is 0.305 e. The number of carbonyl (C=O) groups is 2. The molecular formula is C67H129NO5. The number of unbranched alkanes of at least 4 members (excludes halogenated alkanes) is 47. The zero-order chi connectivity index (χ0) is 52.9. The zero-order valence-electron chi connectivity index (χ0n) is 49.4. The Kier molecular flexibility index (Phi) is 61.4. The topological polar surface area (TPSA) is 95.9 Å². The first-order valence-corrected chi connectivity index (χ1v) is 33.1. The maximum absolute atomic E-state index is 12.5. The highest BCUT2D eigenvalue weighted by Gasteiger charge is 2.20. The van der Waals surface area contributed by atoms with Crippen LogP contribution in [0.25, 0.3) is 0 Å². The number of esters is 1. The zero-order valence-corrected chi connectivity index (χ0v) is 49.4. The number of hydrogen-bond acceptors (Lipinski definition) is 5. The van der Waals surface area contributed by atoms with E-state index >= 15 is 0 Å². The highest BCUT2D eigenvalue weighted by atomic mass is 16.5. The van der Waals surface area contributed by atoms with Crippen LogP contribution in [0, 0.1) is 0 Å². The fourth-order valence-electron chi connectivity index (χ4n) is 10.4. The first kappa shape index (κ1) is 71.3. The maximum atomic E-state index is 12.5. The molecule has 3 N–H and O–H groups in total. The van der Waals surface area contributed by atoms with Gasteiger partial charge in [-0.05, 0) is 77.0 Å². The monoisotopic (exact) mass is 1030 g/mol. The third kappa shape index (κ3) is 59.4. The predicted molar refractivity (Wildman–Crippen MR) is 320 cm³/mol. The fourth-order valence-corrected chi connectivity index (χ4v) is 10.4. The van der Waals surface area contributed by atoms with Gasteiger partial charge in [-0.25, -0.2) is 0 Å². The van der Waals surface area contributed by atoms with Crippen molar-refractivity contribution in [1.29, 1.82) is 0 Å². The van der Waals surface area contributed by atoms with E-state index in [0.717, 1.165) is 44.9 Å². The van der Waals surface area contributed by atoms with Gasteiger partial charge in [0.05, 0.1) is 25.4 Å². The molecule has 73 heavy (non-hydrogen) atoms. The minimum Gasteiger partial charge on any atom is -0.466 e. The summed E-state index contributed by atoms with van der Waals surface area (Å²) >= 11 is 0. The van der Waals surface area contributed by atoms with Gasteiger partial charge in [0, 0.05) is 12.8 Å². The SMILES string of the molecule is CCCCCCCCC/C=C\CCCCCCCCCC(=O)OCCCCCCCCCC/C=C\CCCCCCCCCC(=O)NC(CO)C(O)CCCCCCCCCCCCCCCCCCCCC. The highest BCUT2D eigenvalue weighted by molar-refractivity contribution is 5.76. The molecule has 0 bridgehead atoms. The predicted octanol–water partition coefficient (Wildman–Crippen LogP) is 21.0. The van der Waals surface area contributed by atoms with Crippen LogP contribution in [0.2, 0.25) is 0 Å². The summed E-state index contributed by atoms with van der Waals surface area (Å²) in [7, 11) is 0. The first-order chi connectivity index (χ1) is 36.0. The summed E-state index contributed by atoms with van der Waals surface area (Å²) in [5.41, 5.74) is 0. The molecule has 0 radical (unpaired) electrons. The summed E-state index contributed by atoms with van der Waals surface area (Å²) < 4.78 is 5.49. The Hall–Kier alpha value is -1.66. The largest absolute Gasteiger partial charge is 0.466 e. The Labute approximate surface area is 456 Å². The van der Waals surface area contributed by atoms with Crippen molar-refractivity contribution in [2.75, 3.05) is 13.2 Å². The van der Waals surface area contributed by atoms with Crippen molar-refractivity contribution in [2.24, 2.45) is 0 Å². The number of aliphatic hydroxyl groups excluding tert-OH is 2. The molecule has 2 unspecified atom stereocenters. The summed E-state index contributed by atoms with van der Waals surface area (Å²) in [6.45, 7) is 4.97. The van der Waals surface area contributed by atoms with E-state index < -0.39 is 12.1 Å². The van der Waals surface area contributed by atoms with Crippen molar-refractivity contribution in [3.63, 3.8) is 0 Å². The number of allylic oxidation sites excluding steroid dienone is 4. The molecule has 6 nitrogen and oxygen atoms in total. The maximum Gasteiger partial charge on any atom is 0.305 e. The summed E-state index contributed by atoms with van der Waals surface area (Å²) in [6.07, 6.45) is 77.7. The minimum absolute atomic E-state index is 0.00189. The van der Waals surface area contributed by atoms with Crippen LogP contribution >= 0.6 is 0 Å². The highest BCUT2D eigenvalue weighted by Crippen LogP contribution is 2.18. The molecule has 0 aliphatic rings. The molecule has 0 aromatic carbocycles. The number of aliphatic hydroxyl groups is 2. The van der Waals surface area contributed by atoms with Gasteiger partial charge in [0.25, 0.3) is 0 Å². The van der Waals surface area contributed by atoms with Gasteiger partial charge in [0.2, 0.25) is 5.91 Å². The number of nitrogens with one attached hydrogen (secondary N) is 1. The van der Waals surface area contributed by atoms with Crippen LogP contribution in [-0.2, 0) is 14.3 Å². The average Bonchev–Trinajstić information content (AvgIpc) is 3.39. The lowest BCUT2D eigenvalue weighted by atomic mass is 10.0. The van der Waals surface area contributed by atoms with Gasteiger partial charge in [0.15, 0.2) is 0 Å². The standard InChI is InChI=1S/C67H129NO5/c1-3-5-7-9-11-13-15-17-19-21-24-27-31-35-39-43-47-51-55-59-65(70)64(63-69)68-66(71)60-56-52-48-44-40-36-32-28-25-23-26-30-34-38-42-46-50-54-58-62-73-67(72)61-57-53-49-45-41-37-33-29-22-20-18-16-14-12-10-8-6-4-2/h20,22-23,25,64-65,69-70H,3-19,21,24,26-63H2,1-2H3,(H,68,71)/b22-20-,25-23-. The van der Waals surface area contributed by atoms with E-state index in [4.69, 9.17) is 4.74 Å². The molecule has 0 spiro atoms. The molecule has 2 atom stereocenters. The van der Waals surface area contributed by atoms with Crippen LogP contribution in [0.4, 0.5) is 0 Å². The molecule has 0 saturated heterocycles. The molecule has 1 amide bonds. The molecule has 0 heterocycles. The summed E-state index contributed by atoms with van der Waals surface area (Å²) in [6, 6.07) is -0.549. The second-order valence-corrected chi connectivity index (χ2v) is 22.8. The van der Waals surface area contributed by atoms with E-state index in [0.29, 0.717) is 25.9 Å². The van der Waals surface area contributed by atoms with Crippen molar-refractivity contribution in [3.05, 3.63) is 24.3 Å². The Balaban J connectivity index is 3.42. The van der Waals surface area contributed by atoms with Gasteiger partial charge >= 0.3 is 5.97 Å². The van der Waals surface area contributed by atoms with E-state index in [1.807, 2.05) is 0 Å². The Morgan fingerprint density at radius 2 is 0.644 bits per heavy atom. The van der Waals surface area contributed by atoms with Crippen molar-refractivity contribution < 1.29 is 24.5 Å². The fraction of sp³-hybridized carbons (Fsp3) is 0.910. The summed E-state index contributed by atoms with van der Waals surface area (Å²) in [5.74, 6) is -0.0395. The molecule has 432 valence electrons. The lowest BCUT2D eigenvalue weighted by Crippen LogP contribution is -2.45. The number of hydrogen-bond donors (Lipinski definition) is 3. The Morgan fingerprint density at radius 1 is 0.370 bits per heavy atom. The number of ether oxygens (including phenoxy) is 1. The van der Waals surface area contributed by atoms with Crippen molar-refractivity contribution in [1.82, 2.24) is 5.32 Å². The van der Waals surface area contributed by atoms with E-state index in [1.54, 1.807) is 0 Å². The molecular weight excluding hydrogens is 899 g/mol.